The molecule has 1 nitrogen and oxygen atoms in total. The maximum Gasteiger partial charge on any atom is 0.0616 e. The van der Waals surface area contributed by atoms with Crippen molar-refractivity contribution < 1.29 is 4.21 Å². The third-order valence-electron chi connectivity index (χ3n) is 2.64. The molecule has 0 spiro atoms. The summed E-state index contributed by atoms with van der Waals surface area (Å²) in [6.45, 7) is 1.99. The average Bonchev–Trinajstić information content (AvgIpc) is 2.39. The second-order valence-electron chi connectivity index (χ2n) is 3.78. The van der Waals surface area contributed by atoms with Crippen molar-refractivity contribution in [2.75, 3.05) is 0 Å². The number of hydrogen-bond donors (Lipinski definition) is 0. The van der Waals surface area contributed by atoms with E-state index < -0.39 is 10.8 Å². The fourth-order valence-corrected chi connectivity index (χ4v) is 3.67. The quantitative estimate of drug-likeness (QED) is 0.825. The molecule has 0 N–H and O–H groups in total. The summed E-state index contributed by atoms with van der Waals surface area (Å²) in [6.07, 6.45) is 0. The highest BCUT2D eigenvalue weighted by molar-refractivity contribution is 9.10. The van der Waals surface area contributed by atoms with Gasteiger partial charge in [0.1, 0.15) is 0 Å². The molecule has 0 heterocycles. The largest absolute Gasteiger partial charge is 0.254 e. The van der Waals surface area contributed by atoms with Crippen LogP contribution in [-0.2, 0) is 10.8 Å². The van der Waals surface area contributed by atoms with Crippen molar-refractivity contribution in [3.05, 3.63) is 64.6 Å². The van der Waals surface area contributed by atoms with Crippen molar-refractivity contribution in [2.24, 2.45) is 0 Å². The summed E-state index contributed by atoms with van der Waals surface area (Å²) in [5.41, 5.74) is 1.10. The molecule has 17 heavy (non-hydrogen) atoms. The zero-order valence-corrected chi connectivity index (χ0v) is 11.9. The van der Waals surface area contributed by atoms with Crippen LogP contribution in [0.1, 0.15) is 17.7 Å². The minimum Gasteiger partial charge on any atom is -0.254 e. The number of rotatable bonds is 3. The van der Waals surface area contributed by atoms with Crippen LogP contribution < -0.4 is 0 Å². The fraction of sp³-hybridized carbons (Fsp3) is 0.143. The van der Waals surface area contributed by atoms with Crippen molar-refractivity contribution in [1.29, 1.82) is 0 Å². The number of halogens is 1. The highest BCUT2D eigenvalue weighted by Gasteiger charge is 2.16. The molecule has 2 aromatic rings. The van der Waals surface area contributed by atoms with Crippen LogP contribution in [0.15, 0.2) is 64.0 Å². The molecule has 0 bridgehead atoms. The Morgan fingerprint density at radius 1 is 1.00 bits per heavy atom. The van der Waals surface area contributed by atoms with Crippen molar-refractivity contribution >= 4 is 26.7 Å². The molecule has 2 aromatic carbocycles. The second-order valence-corrected chi connectivity index (χ2v) is 6.38. The molecule has 0 saturated heterocycles. The summed E-state index contributed by atoms with van der Waals surface area (Å²) in [6, 6.07) is 17.6. The first-order valence-electron chi connectivity index (χ1n) is 5.40. The highest BCUT2D eigenvalue weighted by atomic mass is 79.9. The van der Waals surface area contributed by atoms with E-state index in [2.05, 4.69) is 15.9 Å². The molecular formula is C14H13BrOS. The van der Waals surface area contributed by atoms with Gasteiger partial charge in [-0.15, -0.1) is 0 Å². The van der Waals surface area contributed by atoms with E-state index in [-0.39, 0.29) is 5.25 Å². The Balaban J connectivity index is 2.30. The van der Waals surface area contributed by atoms with Crippen LogP contribution in [0, 0.1) is 0 Å². The Morgan fingerprint density at radius 3 is 2.24 bits per heavy atom. The summed E-state index contributed by atoms with van der Waals surface area (Å²) in [5.74, 6) is 0. The van der Waals surface area contributed by atoms with Gasteiger partial charge in [-0.05, 0) is 40.5 Å². The van der Waals surface area contributed by atoms with Crippen LogP contribution in [0.3, 0.4) is 0 Å². The Hall–Kier alpha value is -0.930. The highest BCUT2D eigenvalue weighted by Crippen LogP contribution is 2.28. The Kier molecular flexibility index (Phi) is 4.13. The van der Waals surface area contributed by atoms with Gasteiger partial charge in [-0.3, -0.25) is 4.21 Å². The molecule has 0 aromatic heterocycles. The van der Waals surface area contributed by atoms with E-state index in [4.69, 9.17) is 0 Å². The van der Waals surface area contributed by atoms with E-state index >= 15 is 0 Å². The van der Waals surface area contributed by atoms with Gasteiger partial charge in [0.2, 0.25) is 0 Å². The average molecular weight is 309 g/mol. The van der Waals surface area contributed by atoms with Crippen LogP contribution in [0.5, 0.6) is 0 Å². The molecule has 0 aliphatic heterocycles. The lowest BCUT2D eigenvalue weighted by Crippen LogP contribution is -2.03. The van der Waals surface area contributed by atoms with E-state index in [9.17, 15) is 4.21 Å². The minimum absolute atomic E-state index is 0.00472. The minimum atomic E-state index is -1.04. The predicted octanol–water partition coefficient (Wildman–Crippen LogP) is 4.32. The molecule has 88 valence electrons. The molecule has 0 aliphatic carbocycles. The van der Waals surface area contributed by atoms with E-state index in [1.165, 1.54) is 0 Å². The molecule has 0 fully saturated rings. The van der Waals surface area contributed by atoms with Gasteiger partial charge in [0.15, 0.2) is 0 Å². The lowest BCUT2D eigenvalue weighted by molar-refractivity contribution is 0.675. The topological polar surface area (TPSA) is 17.1 Å². The Morgan fingerprint density at radius 2 is 1.59 bits per heavy atom. The molecule has 0 radical (unpaired) electrons. The molecule has 0 amide bonds. The van der Waals surface area contributed by atoms with Gasteiger partial charge in [0.05, 0.1) is 20.9 Å². The maximum absolute atomic E-state index is 12.4. The van der Waals surface area contributed by atoms with Crippen LogP contribution in [0.25, 0.3) is 0 Å². The van der Waals surface area contributed by atoms with Crippen LogP contribution in [0.4, 0.5) is 0 Å². The molecule has 3 heteroatoms. The van der Waals surface area contributed by atoms with Crippen LogP contribution in [-0.4, -0.2) is 4.21 Å². The Labute approximate surface area is 112 Å². The van der Waals surface area contributed by atoms with Gasteiger partial charge >= 0.3 is 0 Å². The van der Waals surface area contributed by atoms with Gasteiger partial charge < -0.3 is 0 Å². The lowest BCUT2D eigenvalue weighted by atomic mass is 10.2. The monoisotopic (exact) mass is 308 g/mol. The fourth-order valence-electron chi connectivity index (χ4n) is 1.65. The summed E-state index contributed by atoms with van der Waals surface area (Å²) in [4.78, 5) is 0.851. The maximum atomic E-state index is 12.4. The molecule has 2 rings (SSSR count). The first-order chi connectivity index (χ1) is 8.20. The van der Waals surface area contributed by atoms with E-state index in [1.807, 2.05) is 61.5 Å². The zero-order chi connectivity index (χ0) is 12.3. The van der Waals surface area contributed by atoms with Crippen LogP contribution >= 0.6 is 15.9 Å². The summed E-state index contributed by atoms with van der Waals surface area (Å²) < 4.78 is 13.4. The standard InChI is InChI=1S/C14H13BrOS/c1-11(12-7-3-2-4-8-12)17(16)14-10-6-5-9-13(14)15/h2-11H,1H3/t11-,17-/m0/s1. The van der Waals surface area contributed by atoms with Gasteiger partial charge in [0, 0.05) is 4.47 Å². The van der Waals surface area contributed by atoms with Crippen molar-refractivity contribution in [3.8, 4) is 0 Å². The van der Waals surface area contributed by atoms with E-state index in [0.717, 1.165) is 14.9 Å². The third-order valence-corrected chi connectivity index (χ3v) is 5.30. The molecule has 0 aliphatic rings. The number of hydrogen-bond acceptors (Lipinski definition) is 1. The van der Waals surface area contributed by atoms with Gasteiger partial charge in [0.25, 0.3) is 0 Å². The second kappa shape index (κ2) is 5.61. The first kappa shape index (κ1) is 12.5. The summed E-state index contributed by atoms with van der Waals surface area (Å²) >= 11 is 3.44. The molecule has 0 saturated carbocycles. The SMILES string of the molecule is C[C@@H](c1ccccc1)[S@](=O)c1ccccc1Br. The molecular weight excluding hydrogens is 296 g/mol. The van der Waals surface area contributed by atoms with E-state index in [0.29, 0.717) is 0 Å². The first-order valence-corrected chi connectivity index (χ1v) is 7.41. The normalized spacial score (nSPS) is 14.2. The third kappa shape index (κ3) is 2.85. The number of benzene rings is 2. The van der Waals surface area contributed by atoms with Crippen molar-refractivity contribution in [3.63, 3.8) is 0 Å². The van der Waals surface area contributed by atoms with E-state index in [1.54, 1.807) is 0 Å². The smallest absolute Gasteiger partial charge is 0.0616 e. The van der Waals surface area contributed by atoms with Gasteiger partial charge in [-0.1, -0.05) is 42.5 Å². The zero-order valence-electron chi connectivity index (χ0n) is 9.47. The summed E-state index contributed by atoms with van der Waals surface area (Å²) in [7, 11) is -1.04. The van der Waals surface area contributed by atoms with Crippen LogP contribution in [0.2, 0.25) is 0 Å². The van der Waals surface area contributed by atoms with Crippen molar-refractivity contribution in [2.45, 2.75) is 17.1 Å². The Bertz CT molecular complexity index is 525. The van der Waals surface area contributed by atoms with Gasteiger partial charge in [-0.2, -0.15) is 0 Å². The predicted molar refractivity (Wildman–Crippen MR) is 75.4 cm³/mol. The van der Waals surface area contributed by atoms with Gasteiger partial charge in [-0.25, -0.2) is 0 Å². The summed E-state index contributed by atoms with van der Waals surface area (Å²) in [5, 5.41) is -0.00472. The molecule has 2 atom stereocenters. The van der Waals surface area contributed by atoms with Crippen molar-refractivity contribution in [1.82, 2.24) is 0 Å². The molecule has 0 unspecified atom stereocenters. The lowest BCUT2D eigenvalue weighted by Gasteiger charge is -2.12.